The van der Waals surface area contributed by atoms with Crippen LogP contribution in [0.4, 0.5) is 0 Å². The van der Waals surface area contributed by atoms with Crippen molar-refractivity contribution in [3.05, 3.63) is 35.9 Å². The van der Waals surface area contributed by atoms with Gasteiger partial charge in [0, 0.05) is 18.9 Å². The normalized spacial score (nSPS) is 45.5. The van der Waals surface area contributed by atoms with Gasteiger partial charge in [-0.15, -0.1) is 0 Å². The van der Waals surface area contributed by atoms with Crippen molar-refractivity contribution in [2.75, 3.05) is 7.11 Å². The van der Waals surface area contributed by atoms with Gasteiger partial charge in [0.1, 0.15) is 5.78 Å². The zero-order valence-electron chi connectivity index (χ0n) is 19.3. The van der Waals surface area contributed by atoms with Crippen LogP contribution in [-0.4, -0.2) is 18.5 Å². The summed E-state index contributed by atoms with van der Waals surface area (Å²) in [4.78, 5) is 12.7. The number of Topliss-reactive ketones (excluding diaryl/α,β-unsaturated/α-hetero) is 1. The van der Waals surface area contributed by atoms with Crippen molar-refractivity contribution in [1.29, 1.82) is 0 Å². The summed E-state index contributed by atoms with van der Waals surface area (Å²) >= 11 is 0. The Morgan fingerprint density at radius 1 is 0.967 bits per heavy atom. The molecule has 1 aromatic carbocycles. The van der Waals surface area contributed by atoms with Gasteiger partial charge in [-0.3, -0.25) is 4.79 Å². The summed E-state index contributed by atoms with van der Waals surface area (Å²) in [5.74, 6) is 3.62. The van der Waals surface area contributed by atoms with E-state index in [1.807, 2.05) is 7.11 Å². The maximum absolute atomic E-state index is 12.7. The molecule has 164 valence electrons. The van der Waals surface area contributed by atoms with Crippen LogP contribution in [0, 0.1) is 34.5 Å². The molecule has 5 rings (SSSR count). The van der Waals surface area contributed by atoms with Crippen molar-refractivity contribution in [3.63, 3.8) is 0 Å². The van der Waals surface area contributed by atoms with Crippen LogP contribution in [0.1, 0.15) is 83.6 Å². The van der Waals surface area contributed by atoms with Crippen molar-refractivity contribution in [2.45, 2.75) is 90.1 Å². The number of fused-ring (bicyclic) bond motifs is 5. The Labute approximate surface area is 183 Å². The maximum atomic E-state index is 12.7. The maximum Gasteiger partial charge on any atom is 0.139 e. The molecule has 4 aliphatic rings. The van der Waals surface area contributed by atoms with Crippen molar-refractivity contribution >= 4 is 5.78 Å². The van der Waals surface area contributed by atoms with Crippen molar-refractivity contribution in [1.82, 2.24) is 0 Å². The molecule has 7 atom stereocenters. The summed E-state index contributed by atoms with van der Waals surface area (Å²) < 4.78 is 6.29. The highest BCUT2D eigenvalue weighted by Crippen LogP contribution is 2.66. The summed E-state index contributed by atoms with van der Waals surface area (Å²) in [6.45, 7) is 4.92. The van der Waals surface area contributed by atoms with Crippen molar-refractivity contribution < 1.29 is 9.53 Å². The quantitative estimate of drug-likeness (QED) is 0.560. The molecule has 0 aromatic heterocycles. The van der Waals surface area contributed by atoms with E-state index >= 15 is 0 Å². The smallest absolute Gasteiger partial charge is 0.139 e. The number of ketones is 1. The highest BCUT2D eigenvalue weighted by Gasteiger charge is 2.61. The van der Waals surface area contributed by atoms with Gasteiger partial charge in [-0.1, -0.05) is 44.2 Å². The fourth-order valence-electron chi connectivity index (χ4n) is 8.61. The molecule has 4 saturated carbocycles. The van der Waals surface area contributed by atoms with E-state index in [0.717, 1.165) is 49.9 Å². The van der Waals surface area contributed by atoms with Gasteiger partial charge in [-0.05, 0) is 98.9 Å². The molecular formula is C28H40O2. The van der Waals surface area contributed by atoms with Crippen molar-refractivity contribution in [3.8, 4) is 0 Å². The molecule has 0 saturated heterocycles. The average molecular weight is 409 g/mol. The van der Waals surface area contributed by atoms with Crippen LogP contribution in [-0.2, 0) is 16.0 Å². The minimum atomic E-state index is 0.00496. The summed E-state index contributed by atoms with van der Waals surface area (Å²) in [6.07, 6.45) is 13.1. The molecule has 2 nitrogen and oxygen atoms in total. The Balaban J connectivity index is 1.32. The largest absolute Gasteiger partial charge is 0.378 e. The third kappa shape index (κ3) is 3.12. The lowest BCUT2D eigenvalue weighted by Gasteiger charge is -2.61. The van der Waals surface area contributed by atoms with Gasteiger partial charge in [0.25, 0.3) is 0 Å². The Kier molecular flexibility index (Phi) is 5.16. The first-order chi connectivity index (χ1) is 14.4. The van der Waals surface area contributed by atoms with Crippen LogP contribution in [0.5, 0.6) is 0 Å². The molecule has 0 radical (unpaired) electrons. The van der Waals surface area contributed by atoms with Crippen LogP contribution in [0.3, 0.4) is 0 Å². The van der Waals surface area contributed by atoms with Crippen LogP contribution >= 0.6 is 0 Å². The molecule has 4 aliphatic carbocycles. The Morgan fingerprint density at radius 2 is 1.77 bits per heavy atom. The van der Waals surface area contributed by atoms with E-state index in [0.29, 0.717) is 17.1 Å². The highest BCUT2D eigenvalue weighted by molar-refractivity contribution is 5.87. The fraction of sp³-hybridized carbons (Fsp3) is 0.750. The predicted molar refractivity (Wildman–Crippen MR) is 121 cm³/mol. The Morgan fingerprint density at radius 3 is 2.53 bits per heavy atom. The molecule has 30 heavy (non-hydrogen) atoms. The number of carbonyl (C=O) groups excluding carboxylic acids is 1. The average Bonchev–Trinajstić information content (AvgIpc) is 3.08. The summed E-state index contributed by atoms with van der Waals surface area (Å²) in [5, 5.41) is 0. The third-order valence-corrected chi connectivity index (χ3v) is 10.7. The molecule has 1 unspecified atom stereocenters. The molecule has 0 bridgehead atoms. The standard InChI is InChI=1S/C28H40O2/c1-26-17-18-28(30-3,16-13-20-7-5-4-6-8-20)19-21(26)9-10-22-23-11-12-25(29)27(23,2)15-14-24(22)26/h4-8,21-24H,9-19H2,1-3H3/t21?,22-,23-,24-,26-,27-,28+/m0/s1. The molecule has 0 N–H and O–H groups in total. The van der Waals surface area contributed by atoms with E-state index in [-0.39, 0.29) is 11.0 Å². The molecule has 0 spiro atoms. The monoisotopic (exact) mass is 408 g/mol. The molecule has 1 aromatic rings. The number of hydrogen-bond acceptors (Lipinski definition) is 2. The van der Waals surface area contributed by atoms with Crippen LogP contribution in [0.15, 0.2) is 30.3 Å². The second-order valence-corrected chi connectivity index (χ2v) is 11.7. The predicted octanol–water partition coefficient (Wildman–Crippen LogP) is 6.62. The van der Waals surface area contributed by atoms with Gasteiger partial charge in [0.15, 0.2) is 0 Å². The second-order valence-electron chi connectivity index (χ2n) is 11.7. The summed E-state index contributed by atoms with van der Waals surface area (Å²) in [7, 11) is 1.95. The first-order valence-electron chi connectivity index (χ1n) is 12.5. The number of carbonyl (C=O) groups is 1. The third-order valence-electron chi connectivity index (χ3n) is 10.7. The zero-order chi connectivity index (χ0) is 21.0. The van der Waals surface area contributed by atoms with Crippen LogP contribution in [0.2, 0.25) is 0 Å². The van der Waals surface area contributed by atoms with Gasteiger partial charge in [0.05, 0.1) is 5.60 Å². The van der Waals surface area contributed by atoms with Gasteiger partial charge in [0.2, 0.25) is 0 Å². The van der Waals surface area contributed by atoms with Gasteiger partial charge >= 0.3 is 0 Å². The Hall–Kier alpha value is -1.15. The summed E-state index contributed by atoms with van der Waals surface area (Å²) in [6, 6.07) is 10.9. The second kappa shape index (κ2) is 7.47. The lowest BCUT2D eigenvalue weighted by atomic mass is 9.44. The van der Waals surface area contributed by atoms with Gasteiger partial charge in [-0.2, -0.15) is 0 Å². The number of rotatable bonds is 4. The Bertz CT molecular complexity index is 787. The number of aryl methyl sites for hydroxylation is 1. The van der Waals surface area contributed by atoms with Crippen LogP contribution in [0.25, 0.3) is 0 Å². The van der Waals surface area contributed by atoms with E-state index in [1.54, 1.807) is 0 Å². The number of hydrogen-bond donors (Lipinski definition) is 0. The van der Waals surface area contributed by atoms with E-state index in [2.05, 4.69) is 44.2 Å². The minimum absolute atomic E-state index is 0.00496. The lowest BCUT2D eigenvalue weighted by molar-refractivity contribution is -0.161. The molecular weight excluding hydrogens is 368 g/mol. The van der Waals surface area contributed by atoms with E-state index in [9.17, 15) is 4.79 Å². The topological polar surface area (TPSA) is 26.3 Å². The lowest BCUT2D eigenvalue weighted by Crippen LogP contribution is -2.56. The van der Waals surface area contributed by atoms with E-state index < -0.39 is 0 Å². The van der Waals surface area contributed by atoms with E-state index in [4.69, 9.17) is 4.74 Å². The molecule has 0 heterocycles. The molecule has 0 aliphatic heterocycles. The van der Waals surface area contributed by atoms with Crippen LogP contribution < -0.4 is 0 Å². The van der Waals surface area contributed by atoms with E-state index in [1.165, 1.54) is 44.1 Å². The first kappa shape index (κ1) is 20.7. The first-order valence-corrected chi connectivity index (χ1v) is 12.5. The highest BCUT2D eigenvalue weighted by atomic mass is 16.5. The summed E-state index contributed by atoms with van der Waals surface area (Å²) in [5.41, 5.74) is 1.94. The number of benzene rings is 1. The SMILES string of the molecule is CO[C@]1(CCc2ccccc2)CC[C@@]2(C)C(CC[C@@H]3[C@@H]2CC[C@]2(C)C(=O)CC[C@@H]32)C1. The molecule has 0 amide bonds. The van der Waals surface area contributed by atoms with Gasteiger partial charge < -0.3 is 4.74 Å². The van der Waals surface area contributed by atoms with Crippen molar-refractivity contribution in [2.24, 2.45) is 34.5 Å². The number of ether oxygens (including phenoxy) is 1. The number of methoxy groups -OCH3 is 1. The fourth-order valence-corrected chi connectivity index (χ4v) is 8.61. The minimum Gasteiger partial charge on any atom is -0.378 e. The zero-order valence-corrected chi connectivity index (χ0v) is 19.3. The molecule has 4 fully saturated rings. The van der Waals surface area contributed by atoms with Gasteiger partial charge in [-0.25, -0.2) is 0 Å². The molecule has 2 heteroatoms.